The summed E-state index contributed by atoms with van der Waals surface area (Å²) in [5.41, 5.74) is 7.35. The fourth-order valence-electron chi connectivity index (χ4n) is 1.52. The Labute approximate surface area is 105 Å². The van der Waals surface area contributed by atoms with Crippen LogP contribution in [0.2, 0.25) is 0 Å². The van der Waals surface area contributed by atoms with Crippen molar-refractivity contribution in [2.75, 3.05) is 13.7 Å². The van der Waals surface area contributed by atoms with Gasteiger partial charge in [0.25, 0.3) is 0 Å². The van der Waals surface area contributed by atoms with Crippen LogP contribution in [-0.4, -0.2) is 19.8 Å². The van der Waals surface area contributed by atoms with E-state index in [-0.39, 0.29) is 6.04 Å². The van der Waals surface area contributed by atoms with Crippen molar-refractivity contribution in [3.05, 3.63) is 33.4 Å². The molecule has 0 saturated carbocycles. The molecule has 2 nitrogen and oxygen atoms in total. The molecule has 1 unspecified atom stereocenters. The quantitative estimate of drug-likeness (QED) is 0.646. The largest absolute Gasteiger partial charge is 0.385 e. The van der Waals surface area contributed by atoms with E-state index in [0.29, 0.717) is 0 Å². The molecule has 0 heterocycles. The fraction of sp³-hybridized carbons (Fsp3) is 0.500. The van der Waals surface area contributed by atoms with Crippen LogP contribution in [0.5, 0.6) is 0 Å². The number of ether oxygens (including phenoxy) is 1. The molecule has 0 saturated heterocycles. The SMILES string of the molecule is COCCCC(N)Cc1ccc(I)cc1. The third kappa shape index (κ3) is 5.49. The number of nitrogens with two attached hydrogens (primary N) is 1. The normalized spacial score (nSPS) is 12.7. The summed E-state index contributed by atoms with van der Waals surface area (Å²) in [5, 5.41) is 0. The van der Waals surface area contributed by atoms with Gasteiger partial charge in [0, 0.05) is 23.3 Å². The van der Waals surface area contributed by atoms with Crippen molar-refractivity contribution < 1.29 is 4.74 Å². The van der Waals surface area contributed by atoms with Crippen LogP contribution in [0, 0.1) is 3.57 Å². The molecule has 0 aliphatic carbocycles. The number of benzene rings is 1. The maximum Gasteiger partial charge on any atom is 0.0462 e. The number of methoxy groups -OCH3 is 1. The molecule has 3 heteroatoms. The number of hydrogen-bond donors (Lipinski definition) is 1. The van der Waals surface area contributed by atoms with Gasteiger partial charge in [0.2, 0.25) is 0 Å². The van der Waals surface area contributed by atoms with Crippen LogP contribution in [0.3, 0.4) is 0 Å². The van der Waals surface area contributed by atoms with Crippen LogP contribution in [0.15, 0.2) is 24.3 Å². The molecule has 0 bridgehead atoms. The predicted octanol–water partition coefficient (Wildman–Crippen LogP) is 2.59. The zero-order chi connectivity index (χ0) is 11.1. The fourth-order valence-corrected chi connectivity index (χ4v) is 1.87. The first-order valence-corrected chi connectivity index (χ1v) is 6.29. The maximum atomic E-state index is 6.03. The highest BCUT2D eigenvalue weighted by Gasteiger charge is 2.03. The van der Waals surface area contributed by atoms with Gasteiger partial charge in [-0.25, -0.2) is 0 Å². The highest BCUT2D eigenvalue weighted by molar-refractivity contribution is 14.1. The topological polar surface area (TPSA) is 35.2 Å². The lowest BCUT2D eigenvalue weighted by molar-refractivity contribution is 0.190. The van der Waals surface area contributed by atoms with Gasteiger partial charge >= 0.3 is 0 Å². The lowest BCUT2D eigenvalue weighted by atomic mass is 10.0. The van der Waals surface area contributed by atoms with Crippen molar-refractivity contribution in [3.63, 3.8) is 0 Å². The molecule has 1 atom stereocenters. The predicted molar refractivity (Wildman–Crippen MR) is 71.9 cm³/mol. The van der Waals surface area contributed by atoms with Crippen molar-refractivity contribution in [3.8, 4) is 0 Å². The van der Waals surface area contributed by atoms with Gasteiger partial charge in [0.15, 0.2) is 0 Å². The first kappa shape index (κ1) is 12.9. The van der Waals surface area contributed by atoms with Gasteiger partial charge in [-0.05, 0) is 59.5 Å². The number of halogens is 1. The number of hydrogen-bond acceptors (Lipinski definition) is 2. The van der Waals surface area contributed by atoms with E-state index in [4.69, 9.17) is 10.5 Å². The summed E-state index contributed by atoms with van der Waals surface area (Å²) < 4.78 is 6.27. The molecule has 2 N–H and O–H groups in total. The Kier molecular flexibility index (Phi) is 6.20. The van der Waals surface area contributed by atoms with Crippen molar-refractivity contribution in [1.29, 1.82) is 0 Å². The second kappa shape index (κ2) is 7.19. The average Bonchev–Trinajstić information content (AvgIpc) is 2.22. The highest BCUT2D eigenvalue weighted by atomic mass is 127. The monoisotopic (exact) mass is 319 g/mol. The van der Waals surface area contributed by atoms with Gasteiger partial charge in [-0.3, -0.25) is 0 Å². The third-order valence-corrected chi connectivity index (χ3v) is 3.05. The molecule has 0 fully saturated rings. The molecule has 0 aliphatic heterocycles. The average molecular weight is 319 g/mol. The molecule has 1 aromatic rings. The molecule has 1 aromatic carbocycles. The summed E-state index contributed by atoms with van der Waals surface area (Å²) in [4.78, 5) is 0. The summed E-state index contributed by atoms with van der Waals surface area (Å²) in [5.74, 6) is 0. The van der Waals surface area contributed by atoms with Gasteiger partial charge in [-0.1, -0.05) is 12.1 Å². The van der Waals surface area contributed by atoms with E-state index in [1.54, 1.807) is 7.11 Å². The van der Waals surface area contributed by atoms with Crippen molar-refractivity contribution in [2.24, 2.45) is 5.73 Å². The summed E-state index contributed by atoms with van der Waals surface area (Å²) >= 11 is 2.31. The standard InChI is InChI=1S/C12H18INO/c1-15-8-2-3-12(14)9-10-4-6-11(13)7-5-10/h4-7,12H,2-3,8-9,14H2,1H3. The summed E-state index contributed by atoms with van der Waals surface area (Å²) in [7, 11) is 1.73. The molecular formula is C12H18INO. The second-order valence-electron chi connectivity index (χ2n) is 3.73. The lowest BCUT2D eigenvalue weighted by Crippen LogP contribution is -2.23. The molecule has 84 valence electrons. The Hall–Kier alpha value is -0.130. The van der Waals surface area contributed by atoms with Crippen LogP contribution >= 0.6 is 22.6 Å². The Balaban J connectivity index is 2.31. The van der Waals surface area contributed by atoms with E-state index in [0.717, 1.165) is 25.9 Å². The Morgan fingerprint density at radius 2 is 2.00 bits per heavy atom. The molecule has 0 aromatic heterocycles. The van der Waals surface area contributed by atoms with Crippen molar-refractivity contribution >= 4 is 22.6 Å². The van der Waals surface area contributed by atoms with Crippen LogP contribution in [0.25, 0.3) is 0 Å². The first-order chi connectivity index (χ1) is 7.22. The minimum atomic E-state index is 0.250. The molecule has 0 radical (unpaired) electrons. The van der Waals surface area contributed by atoms with Gasteiger partial charge in [-0.15, -0.1) is 0 Å². The van der Waals surface area contributed by atoms with Gasteiger partial charge in [-0.2, -0.15) is 0 Å². The zero-order valence-corrected chi connectivity index (χ0v) is 11.2. The minimum absolute atomic E-state index is 0.250. The van der Waals surface area contributed by atoms with Crippen LogP contribution in [0.4, 0.5) is 0 Å². The third-order valence-electron chi connectivity index (χ3n) is 2.33. The second-order valence-corrected chi connectivity index (χ2v) is 4.97. The van der Waals surface area contributed by atoms with Crippen LogP contribution in [-0.2, 0) is 11.2 Å². The molecular weight excluding hydrogens is 301 g/mol. The zero-order valence-electron chi connectivity index (χ0n) is 9.08. The number of rotatable bonds is 6. The van der Waals surface area contributed by atoms with Crippen LogP contribution < -0.4 is 5.73 Å². The van der Waals surface area contributed by atoms with Crippen molar-refractivity contribution in [1.82, 2.24) is 0 Å². The highest BCUT2D eigenvalue weighted by Crippen LogP contribution is 2.09. The Bertz CT molecular complexity index is 273. The van der Waals surface area contributed by atoms with Gasteiger partial charge in [0.05, 0.1) is 0 Å². The van der Waals surface area contributed by atoms with E-state index in [1.807, 2.05) is 0 Å². The van der Waals surface area contributed by atoms with E-state index in [2.05, 4.69) is 46.9 Å². The molecule has 15 heavy (non-hydrogen) atoms. The maximum absolute atomic E-state index is 6.03. The molecule has 1 rings (SSSR count). The molecule has 0 aliphatic rings. The van der Waals surface area contributed by atoms with Gasteiger partial charge < -0.3 is 10.5 Å². The molecule has 0 spiro atoms. The lowest BCUT2D eigenvalue weighted by Gasteiger charge is -2.11. The Morgan fingerprint density at radius 1 is 1.33 bits per heavy atom. The molecule has 0 amide bonds. The summed E-state index contributed by atoms with van der Waals surface area (Å²) in [6.45, 7) is 0.806. The van der Waals surface area contributed by atoms with E-state index in [1.165, 1.54) is 9.13 Å². The summed E-state index contributed by atoms with van der Waals surface area (Å²) in [6.07, 6.45) is 3.03. The van der Waals surface area contributed by atoms with E-state index in [9.17, 15) is 0 Å². The first-order valence-electron chi connectivity index (χ1n) is 5.21. The smallest absolute Gasteiger partial charge is 0.0462 e. The minimum Gasteiger partial charge on any atom is -0.385 e. The van der Waals surface area contributed by atoms with E-state index >= 15 is 0 Å². The van der Waals surface area contributed by atoms with Gasteiger partial charge in [0.1, 0.15) is 0 Å². The summed E-state index contributed by atoms with van der Waals surface area (Å²) in [6, 6.07) is 8.80. The van der Waals surface area contributed by atoms with E-state index < -0.39 is 0 Å². The van der Waals surface area contributed by atoms with Crippen molar-refractivity contribution in [2.45, 2.75) is 25.3 Å². The van der Waals surface area contributed by atoms with Crippen LogP contribution in [0.1, 0.15) is 18.4 Å². The Morgan fingerprint density at radius 3 is 2.60 bits per heavy atom.